The Kier molecular flexibility index (Phi) is 4.25. The molecule has 1 aromatic carbocycles. The first-order valence-electron chi connectivity index (χ1n) is 9.00. The molecule has 2 aliphatic rings. The second kappa shape index (κ2) is 6.45. The zero-order valence-corrected chi connectivity index (χ0v) is 14.2. The highest BCUT2D eigenvalue weighted by molar-refractivity contribution is 5.97. The van der Waals surface area contributed by atoms with Crippen molar-refractivity contribution in [2.45, 2.75) is 50.6 Å². The number of carbonyl (C=O) groups excluding carboxylic acids is 1. The van der Waals surface area contributed by atoms with Crippen LogP contribution in [0.3, 0.4) is 0 Å². The lowest BCUT2D eigenvalue weighted by atomic mass is 10.0. The molecule has 1 heterocycles. The van der Waals surface area contributed by atoms with Gasteiger partial charge in [-0.05, 0) is 37.8 Å². The third-order valence-corrected chi connectivity index (χ3v) is 5.24. The Hall–Kier alpha value is -2.31. The summed E-state index contributed by atoms with van der Waals surface area (Å²) in [7, 11) is 0. The summed E-state index contributed by atoms with van der Waals surface area (Å²) in [4.78, 5) is 12.6. The van der Waals surface area contributed by atoms with Crippen LogP contribution in [0.15, 0.2) is 24.3 Å². The van der Waals surface area contributed by atoms with Crippen LogP contribution in [0.5, 0.6) is 0 Å². The minimum atomic E-state index is -4.37. The molecular formula is C19H20F3N3O. The summed E-state index contributed by atoms with van der Waals surface area (Å²) in [5.74, 6) is 0.334. The predicted molar refractivity (Wildman–Crippen MR) is 91.6 cm³/mol. The number of alkyl halides is 3. The standard InChI is InChI=1S/C19H20F3N3O/c20-19(21,22)14-9-7-12(8-10-14)16-17(15(24-25-16)11-5-6-11)23-18(26)13-3-1-2-4-13/h7-11,13H,1-6H2,(H,23,26)(H,24,25). The zero-order chi connectivity index (χ0) is 18.3. The van der Waals surface area contributed by atoms with E-state index in [9.17, 15) is 18.0 Å². The molecule has 2 saturated carbocycles. The maximum Gasteiger partial charge on any atom is 0.416 e. The molecule has 0 aliphatic heterocycles. The lowest BCUT2D eigenvalue weighted by Crippen LogP contribution is -2.21. The number of nitrogens with zero attached hydrogens (tertiary/aromatic N) is 1. The number of amides is 1. The number of rotatable bonds is 4. The van der Waals surface area contributed by atoms with Crippen LogP contribution in [0.1, 0.15) is 55.7 Å². The fourth-order valence-corrected chi connectivity index (χ4v) is 3.59. The SMILES string of the molecule is O=C(Nc1c(-c2ccc(C(F)(F)F)cc2)n[nH]c1C1CC1)C1CCCC1. The van der Waals surface area contributed by atoms with Gasteiger partial charge in [-0.25, -0.2) is 0 Å². The van der Waals surface area contributed by atoms with Crippen molar-refractivity contribution in [3.8, 4) is 11.3 Å². The maximum atomic E-state index is 12.8. The van der Waals surface area contributed by atoms with Gasteiger partial charge in [0.1, 0.15) is 5.69 Å². The molecule has 4 nitrogen and oxygen atoms in total. The van der Waals surface area contributed by atoms with Crippen molar-refractivity contribution in [1.82, 2.24) is 10.2 Å². The number of hydrogen-bond donors (Lipinski definition) is 2. The van der Waals surface area contributed by atoms with Gasteiger partial charge < -0.3 is 5.32 Å². The van der Waals surface area contributed by atoms with Gasteiger partial charge in [-0.15, -0.1) is 0 Å². The molecule has 7 heteroatoms. The highest BCUT2D eigenvalue weighted by atomic mass is 19.4. The van der Waals surface area contributed by atoms with Crippen LogP contribution in [-0.4, -0.2) is 16.1 Å². The van der Waals surface area contributed by atoms with E-state index in [1.807, 2.05) is 0 Å². The summed E-state index contributed by atoms with van der Waals surface area (Å²) in [6.45, 7) is 0. The predicted octanol–water partition coefficient (Wildman–Crippen LogP) is 5.10. The van der Waals surface area contributed by atoms with Crippen molar-refractivity contribution in [3.63, 3.8) is 0 Å². The molecule has 0 spiro atoms. The molecule has 2 N–H and O–H groups in total. The lowest BCUT2D eigenvalue weighted by Gasteiger charge is -2.13. The molecule has 2 fully saturated rings. The Labute approximate surface area is 149 Å². The maximum absolute atomic E-state index is 12.8. The fraction of sp³-hybridized carbons (Fsp3) is 0.474. The van der Waals surface area contributed by atoms with Gasteiger partial charge in [0.2, 0.25) is 5.91 Å². The number of benzene rings is 1. The molecule has 1 amide bonds. The molecule has 1 aromatic heterocycles. The highest BCUT2D eigenvalue weighted by Gasteiger charge is 2.33. The average Bonchev–Trinajstić information content (AvgIpc) is 3.14. The molecule has 4 rings (SSSR count). The zero-order valence-electron chi connectivity index (χ0n) is 14.2. The normalized spacial score (nSPS) is 18.3. The van der Waals surface area contributed by atoms with Crippen molar-refractivity contribution >= 4 is 11.6 Å². The molecule has 2 aliphatic carbocycles. The molecule has 0 atom stereocenters. The first-order chi connectivity index (χ1) is 12.4. The van der Waals surface area contributed by atoms with Crippen LogP contribution in [0.25, 0.3) is 11.3 Å². The van der Waals surface area contributed by atoms with E-state index in [0.717, 1.165) is 56.4 Å². The Bertz CT molecular complexity index is 800. The number of aromatic nitrogens is 2. The summed E-state index contributed by atoms with van der Waals surface area (Å²) in [5.41, 5.74) is 1.88. The summed E-state index contributed by atoms with van der Waals surface area (Å²) >= 11 is 0. The van der Waals surface area contributed by atoms with Gasteiger partial charge in [0, 0.05) is 17.4 Å². The van der Waals surface area contributed by atoms with Gasteiger partial charge in [-0.1, -0.05) is 25.0 Å². The lowest BCUT2D eigenvalue weighted by molar-refractivity contribution is -0.137. The van der Waals surface area contributed by atoms with Crippen molar-refractivity contribution in [3.05, 3.63) is 35.5 Å². The minimum absolute atomic E-state index is 0.0115. The smallest absolute Gasteiger partial charge is 0.322 e. The van der Waals surface area contributed by atoms with Gasteiger partial charge in [0.05, 0.1) is 16.9 Å². The number of nitrogens with one attached hydrogen (secondary N) is 2. The summed E-state index contributed by atoms with van der Waals surface area (Å²) in [6, 6.07) is 4.90. The minimum Gasteiger partial charge on any atom is -0.322 e. The molecule has 2 aromatic rings. The van der Waals surface area contributed by atoms with Crippen LogP contribution in [0, 0.1) is 5.92 Å². The highest BCUT2D eigenvalue weighted by Crippen LogP contribution is 2.45. The second-order valence-electron chi connectivity index (χ2n) is 7.18. The van der Waals surface area contributed by atoms with E-state index in [1.165, 1.54) is 12.1 Å². The molecule has 26 heavy (non-hydrogen) atoms. The Morgan fingerprint density at radius 3 is 2.31 bits per heavy atom. The summed E-state index contributed by atoms with van der Waals surface area (Å²) in [5, 5.41) is 10.3. The van der Waals surface area contributed by atoms with Crippen molar-refractivity contribution in [1.29, 1.82) is 0 Å². The first kappa shape index (κ1) is 17.1. The van der Waals surface area contributed by atoms with E-state index in [-0.39, 0.29) is 11.8 Å². The average molecular weight is 363 g/mol. The van der Waals surface area contributed by atoms with Crippen LogP contribution < -0.4 is 5.32 Å². The van der Waals surface area contributed by atoms with Gasteiger partial charge >= 0.3 is 6.18 Å². The molecule has 0 saturated heterocycles. The topological polar surface area (TPSA) is 57.8 Å². The molecule has 138 valence electrons. The summed E-state index contributed by atoms with van der Waals surface area (Å²) < 4.78 is 38.4. The number of H-pyrrole nitrogens is 1. The quantitative estimate of drug-likeness (QED) is 0.794. The van der Waals surface area contributed by atoms with Crippen LogP contribution in [0.2, 0.25) is 0 Å². The Balaban J connectivity index is 1.64. The van der Waals surface area contributed by atoms with Gasteiger partial charge in [-0.3, -0.25) is 9.89 Å². The molecule has 0 unspecified atom stereocenters. The van der Waals surface area contributed by atoms with Crippen molar-refractivity contribution in [2.24, 2.45) is 5.92 Å². The number of anilines is 1. The number of hydrogen-bond acceptors (Lipinski definition) is 2. The van der Waals surface area contributed by atoms with Crippen LogP contribution >= 0.6 is 0 Å². The van der Waals surface area contributed by atoms with E-state index in [2.05, 4.69) is 15.5 Å². The monoisotopic (exact) mass is 363 g/mol. The van der Waals surface area contributed by atoms with E-state index < -0.39 is 11.7 Å². The van der Waals surface area contributed by atoms with E-state index in [0.29, 0.717) is 22.9 Å². The number of carbonyl (C=O) groups is 1. The van der Waals surface area contributed by atoms with E-state index in [1.54, 1.807) is 0 Å². The number of halogens is 3. The van der Waals surface area contributed by atoms with E-state index >= 15 is 0 Å². The first-order valence-corrected chi connectivity index (χ1v) is 9.00. The Morgan fingerprint density at radius 1 is 1.08 bits per heavy atom. The largest absolute Gasteiger partial charge is 0.416 e. The molecule has 0 bridgehead atoms. The van der Waals surface area contributed by atoms with Crippen LogP contribution in [0.4, 0.5) is 18.9 Å². The van der Waals surface area contributed by atoms with Gasteiger partial charge in [0.25, 0.3) is 0 Å². The van der Waals surface area contributed by atoms with E-state index in [4.69, 9.17) is 0 Å². The molecular weight excluding hydrogens is 343 g/mol. The third-order valence-electron chi connectivity index (χ3n) is 5.24. The number of aromatic amines is 1. The second-order valence-corrected chi connectivity index (χ2v) is 7.18. The fourth-order valence-electron chi connectivity index (χ4n) is 3.59. The third kappa shape index (κ3) is 3.34. The van der Waals surface area contributed by atoms with Gasteiger partial charge in [-0.2, -0.15) is 18.3 Å². The van der Waals surface area contributed by atoms with Crippen LogP contribution in [-0.2, 0) is 11.0 Å². The Morgan fingerprint density at radius 2 is 1.73 bits per heavy atom. The summed E-state index contributed by atoms with van der Waals surface area (Å²) in [6.07, 6.45) is 1.58. The van der Waals surface area contributed by atoms with Gasteiger partial charge in [0.15, 0.2) is 0 Å². The van der Waals surface area contributed by atoms with Crippen molar-refractivity contribution < 1.29 is 18.0 Å². The molecule has 0 radical (unpaired) electrons. The van der Waals surface area contributed by atoms with Crippen molar-refractivity contribution in [2.75, 3.05) is 5.32 Å².